The van der Waals surface area contributed by atoms with Gasteiger partial charge in [-0.25, -0.2) is 4.79 Å². The maximum Gasteiger partial charge on any atom is 0.341 e. The van der Waals surface area contributed by atoms with Crippen LogP contribution in [0.3, 0.4) is 0 Å². The molecule has 1 aromatic carbocycles. The van der Waals surface area contributed by atoms with Crippen LogP contribution in [0.5, 0.6) is 5.75 Å². The number of carbonyl (C=O) groups is 1. The van der Waals surface area contributed by atoms with E-state index in [1.54, 1.807) is 7.11 Å². The minimum Gasteiger partial charge on any atom is -0.482 e. The lowest BCUT2D eigenvalue weighted by molar-refractivity contribution is -0.139. The number of aryl methyl sites for hydroxylation is 1. The van der Waals surface area contributed by atoms with E-state index in [0.29, 0.717) is 5.75 Å². The van der Waals surface area contributed by atoms with Crippen molar-refractivity contribution in [3.63, 3.8) is 0 Å². The number of rotatable bonds is 9. The fraction of sp³-hybridized carbons (Fsp3) is 0.562. The van der Waals surface area contributed by atoms with E-state index >= 15 is 0 Å². The van der Waals surface area contributed by atoms with E-state index in [2.05, 4.69) is 13.0 Å². The van der Waals surface area contributed by atoms with Gasteiger partial charge in [0.1, 0.15) is 5.75 Å². The van der Waals surface area contributed by atoms with Gasteiger partial charge >= 0.3 is 5.97 Å². The van der Waals surface area contributed by atoms with Crippen LogP contribution in [0.1, 0.15) is 37.8 Å². The molecular weight excluding hydrogens is 256 g/mol. The van der Waals surface area contributed by atoms with E-state index in [4.69, 9.17) is 14.6 Å². The van der Waals surface area contributed by atoms with E-state index in [-0.39, 0.29) is 12.7 Å². The van der Waals surface area contributed by atoms with Crippen LogP contribution in [0.4, 0.5) is 0 Å². The molecule has 1 aromatic rings. The van der Waals surface area contributed by atoms with Crippen molar-refractivity contribution < 1.29 is 19.4 Å². The second kappa shape index (κ2) is 8.59. The molecule has 0 aliphatic carbocycles. The smallest absolute Gasteiger partial charge is 0.341 e. The lowest BCUT2D eigenvalue weighted by atomic mass is 9.98. The van der Waals surface area contributed by atoms with Gasteiger partial charge in [0.25, 0.3) is 0 Å². The van der Waals surface area contributed by atoms with Crippen LogP contribution in [0.15, 0.2) is 18.2 Å². The van der Waals surface area contributed by atoms with Gasteiger partial charge < -0.3 is 14.6 Å². The molecule has 112 valence electrons. The molecule has 0 aliphatic heterocycles. The Kier molecular flexibility index (Phi) is 7.09. The number of aliphatic carboxylic acids is 1. The number of carboxylic acid groups (broad SMARTS) is 1. The van der Waals surface area contributed by atoms with Crippen molar-refractivity contribution in [1.29, 1.82) is 0 Å². The Labute approximate surface area is 120 Å². The first-order valence-corrected chi connectivity index (χ1v) is 7.06. The van der Waals surface area contributed by atoms with E-state index < -0.39 is 5.97 Å². The van der Waals surface area contributed by atoms with Crippen LogP contribution in [-0.2, 0) is 22.4 Å². The van der Waals surface area contributed by atoms with E-state index in [0.717, 1.165) is 31.2 Å². The summed E-state index contributed by atoms with van der Waals surface area (Å²) in [5.74, 6) is -0.261. The van der Waals surface area contributed by atoms with Crippen molar-refractivity contribution in [2.75, 3.05) is 13.7 Å². The molecule has 1 N–H and O–H groups in total. The monoisotopic (exact) mass is 280 g/mol. The fourth-order valence-electron chi connectivity index (χ4n) is 2.18. The van der Waals surface area contributed by atoms with Crippen molar-refractivity contribution >= 4 is 5.97 Å². The zero-order valence-electron chi connectivity index (χ0n) is 12.5. The average molecular weight is 280 g/mol. The summed E-state index contributed by atoms with van der Waals surface area (Å²) in [7, 11) is 1.71. The van der Waals surface area contributed by atoms with E-state index in [1.807, 2.05) is 19.1 Å². The van der Waals surface area contributed by atoms with Gasteiger partial charge in [-0.15, -0.1) is 0 Å². The largest absolute Gasteiger partial charge is 0.482 e. The Hall–Kier alpha value is -1.55. The molecule has 0 spiro atoms. The summed E-state index contributed by atoms with van der Waals surface area (Å²) >= 11 is 0. The molecule has 0 bridgehead atoms. The van der Waals surface area contributed by atoms with Gasteiger partial charge in [-0.05, 0) is 49.8 Å². The maximum atomic E-state index is 10.6. The summed E-state index contributed by atoms with van der Waals surface area (Å²) < 4.78 is 10.6. The second-order valence-electron chi connectivity index (χ2n) is 4.87. The highest BCUT2D eigenvalue weighted by Gasteiger charge is 2.10. The molecular formula is C16H24O4. The van der Waals surface area contributed by atoms with Crippen molar-refractivity contribution in [3.8, 4) is 5.75 Å². The number of carboxylic acids is 1. The molecule has 0 radical (unpaired) electrons. The first kappa shape index (κ1) is 16.5. The summed E-state index contributed by atoms with van der Waals surface area (Å²) in [6, 6.07) is 5.83. The van der Waals surface area contributed by atoms with Crippen molar-refractivity contribution in [2.24, 2.45) is 0 Å². The summed E-state index contributed by atoms with van der Waals surface area (Å²) in [6.45, 7) is 3.85. The highest BCUT2D eigenvalue weighted by atomic mass is 16.5. The highest BCUT2D eigenvalue weighted by Crippen LogP contribution is 2.25. The minimum atomic E-state index is -0.953. The number of hydrogen-bond donors (Lipinski definition) is 1. The van der Waals surface area contributed by atoms with Crippen LogP contribution in [0, 0.1) is 0 Å². The molecule has 0 fully saturated rings. The Morgan fingerprint density at radius 1 is 1.40 bits per heavy atom. The Bertz CT molecular complexity index is 428. The fourth-order valence-corrected chi connectivity index (χ4v) is 2.18. The molecule has 4 heteroatoms. The van der Waals surface area contributed by atoms with Crippen molar-refractivity contribution in [1.82, 2.24) is 0 Å². The SMILES string of the molecule is CCc1cccc(OCC(=O)O)c1CCC[C@H](C)OC. The number of methoxy groups -OCH3 is 1. The standard InChI is InChI=1S/C16H24O4/c1-4-13-8-6-10-15(20-11-16(17)18)14(13)9-5-7-12(2)19-3/h6,8,10,12H,4-5,7,9,11H2,1-3H3,(H,17,18)/t12-/m0/s1. The van der Waals surface area contributed by atoms with Gasteiger partial charge in [-0.2, -0.15) is 0 Å². The minimum absolute atomic E-state index is 0.243. The normalized spacial score (nSPS) is 12.2. The van der Waals surface area contributed by atoms with E-state index in [9.17, 15) is 4.79 Å². The predicted molar refractivity (Wildman–Crippen MR) is 78.4 cm³/mol. The first-order chi connectivity index (χ1) is 9.58. The molecule has 20 heavy (non-hydrogen) atoms. The molecule has 1 atom stereocenters. The van der Waals surface area contributed by atoms with E-state index in [1.165, 1.54) is 5.56 Å². The molecule has 0 aromatic heterocycles. The third-order valence-corrected chi connectivity index (χ3v) is 3.40. The van der Waals surface area contributed by atoms with Gasteiger partial charge in [0, 0.05) is 7.11 Å². The molecule has 0 saturated carbocycles. The summed E-state index contributed by atoms with van der Waals surface area (Å²) in [5, 5.41) is 8.73. The highest BCUT2D eigenvalue weighted by molar-refractivity contribution is 5.68. The van der Waals surface area contributed by atoms with Crippen molar-refractivity contribution in [2.45, 2.75) is 45.6 Å². The molecule has 0 amide bonds. The second-order valence-corrected chi connectivity index (χ2v) is 4.87. The third-order valence-electron chi connectivity index (χ3n) is 3.40. The first-order valence-electron chi connectivity index (χ1n) is 7.06. The van der Waals surface area contributed by atoms with Crippen LogP contribution in [-0.4, -0.2) is 30.9 Å². The van der Waals surface area contributed by atoms with Gasteiger partial charge in [-0.1, -0.05) is 19.1 Å². The molecule has 0 heterocycles. The van der Waals surface area contributed by atoms with Gasteiger partial charge in [-0.3, -0.25) is 0 Å². The lowest BCUT2D eigenvalue weighted by Crippen LogP contribution is -2.11. The van der Waals surface area contributed by atoms with Crippen molar-refractivity contribution in [3.05, 3.63) is 29.3 Å². The number of benzene rings is 1. The molecule has 1 rings (SSSR count). The van der Waals surface area contributed by atoms with Crippen LogP contribution in [0.2, 0.25) is 0 Å². The third kappa shape index (κ3) is 5.21. The Morgan fingerprint density at radius 2 is 2.15 bits per heavy atom. The summed E-state index contributed by atoms with van der Waals surface area (Å²) in [4.78, 5) is 10.6. The van der Waals surface area contributed by atoms with Gasteiger partial charge in [0.05, 0.1) is 6.10 Å². The van der Waals surface area contributed by atoms with Gasteiger partial charge in [0.2, 0.25) is 0 Å². The molecule has 0 saturated heterocycles. The quantitative estimate of drug-likeness (QED) is 0.755. The molecule has 0 aliphatic rings. The number of ether oxygens (including phenoxy) is 2. The zero-order chi connectivity index (χ0) is 15.0. The van der Waals surface area contributed by atoms with Crippen LogP contribution < -0.4 is 4.74 Å². The average Bonchev–Trinajstić information content (AvgIpc) is 2.45. The van der Waals surface area contributed by atoms with Crippen LogP contribution in [0.25, 0.3) is 0 Å². The Balaban J connectivity index is 2.75. The maximum absolute atomic E-state index is 10.6. The van der Waals surface area contributed by atoms with Gasteiger partial charge in [0.15, 0.2) is 6.61 Å². The number of hydrogen-bond acceptors (Lipinski definition) is 3. The lowest BCUT2D eigenvalue weighted by Gasteiger charge is -2.15. The molecule has 0 unspecified atom stereocenters. The zero-order valence-corrected chi connectivity index (χ0v) is 12.5. The topological polar surface area (TPSA) is 55.8 Å². The predicted octanol–water partition coefficient (Wildman–Crippen LogP) is 3.07. The summed E-state index contributed by atoms with van der Waals surface area (Å²) in [6.07, 6.45) is 4.02. The Morgan fingerprint density at radius 3 is 2.75 bits per heavy atom. The summed E-state index contributed by atoms with van der Waals surface area (Å²) in [5.41, 5.74) is 2.34. The van der Waals surface area contributed by atoms with Crippen LogP contribution >= 0.6 is 0 Å². The molecule has 4 nitrogen and oxygen atoms in total.